The lowest BCUT2D eigenvalue weighted by molar-refractivity contribution is 0.102. The van der Waals surface area contributed by atoms with Crippen molar-refractivity contribution >= 4 is 28.6 Å². The van der Waals surface area contributed by atoms with Gasteiger partial charge >= 0.3 is 0 Å². The van der Waals surface area contributed by atoms with Gasteiger partial charge in [0.1, 0.15) is 10.7 Å². The minimum Gasteiger partial charge on any atom is -0.369 e. The minimum atomic E-state index is -0.200. The van der Waals surface area contributed by atoms with Crippen molar-refractivity contribution in [3.63, 3.8) is 0 Å². The Morgan fingerprint density at radius 2 is 1.89 bits per heavy atom. The number of amides is 1. The van der Waals surface area contributed by atoms with Crippen LogP contribution in [0.2, 0.25) is 0 Å². The Labute approximate surface area is 162 Å². The van der Waals surface area contributed by atoms with Gasteiger partial charge in [0.25, 0.3) is 5.91 Å². The molecule has 138 valence electrons. The third-order valence-electron chi connectivity index (χ3n) is 4.64. The fraction of sp³-hybridized carbons (Fsp3) is 0.250. The number of hydrogen-bond acceptors (Lipinski definition) is 6. The molecule has 1 amide bonds. The van der Waals surface area contributed by atoms with Gasteiger partial charge in [-0.3, -0.25) is 9.78 Å². The molecule has 3 aromatic rings. The van der Waals surface area contributed by atoms with E-state index >= 15 is 0 Å². The van der Waals surface area contributed by atoms with Gasteiger partial charge in [-0.2, -0.15) is 0 Å². The van der Waals surface area contributed by atoms with E-state index in [1.165, 1.54) is 17.0 Å². The van der Waals surface area contributed by atoms with E-state index in [0.717, 1.165) is 42.4 Å². The second-order valence-electron chi connectivity index (χ2n) is 6.57. The predicted octanol–water partition coefficient (Wildman–Crippen LogP) is 3.21. The number of nitrogens with zero attached hydrogens (tertiary/aromatic N) is 4. The van der Waals surface area contributed by atoms with Crippen molar-refractivity contribution < 1.29 is 4.79 Å². The van der Waals surface area contributed by atoms with Crippen LogP contribution in [0.1, 0.15) is 10.5 Å². The minimum absolute atomic E-state index is 0.200. The topological polar surface area (TPSA) is 61.4 Å². The summed E-state index contributed by atoms with van der Waals surface area (Å²) in [6.07, 6.45) is 3.47. The zero-order valence-corrected chi connectivity index (χ0v) is 15.9. The summed E-state index contributed by atoms with van der Waals surface area (Å²) in [5, 5.41) is 5.49. The first-order valence-electron chi connectivity index (χ1n) is 8.90. The Kier molecular flexibility index (Phi) is 5.13. The third-order valence-corrected chi connectivity index (χ3v) is 5.53. The quantitative estimate of drug-likeness (QED) is 0.754. The molecule has 1 aromatic carbocycles. The number of rotatable bonds is 4. The van der Waals surface area contributed by atoms with Crippen molar-refractivity contribution in [1.29, 1.82) is 0 Å². The lowest BCUT2D eigenvalue weighted by Crippen LogP contribution is -2.44. The number of thiazole rings is 1. The van der Waals surface area contributed by atoms with E-state index in [2.05, 4.69) is 44.3 Å². The Balaban J connectivity index is 1.40. The number of nitrogens with one attached hydrogen (secondary N) is 1. The van der Waals surface area contributed by atoms with E-state index in [1.807, 2.05) is 24.3 Å². The number of pyridine rings is 1. The van der Waals surface area contributed by atoms with Gasteiger partial charge in [0.05, 0.1) is 0 Å². The molecule has 1 fully saturated rings. The molecule has 7 heteroatoms. The summed E-state index contributed by atoms with van der Waals surface area (Å²) in [5.41, 5.74) is 3.29. The van der Waals surface area contributed by atoms with Crippen LogP contribution >= 0.6 is 11.3 Å². The fourth-order valence-corrected chi connectivity index (χ4v) is 3.81. The summed E-state index contributed by atoms with van der Waals surface area (Å²) in [5.74, 6) is -0.200. The lowest BCUT2D eigenvalue weighted by atomic mass is 10.2. The molecule has 3 heterocycles. The molecule has 0 atom stereocenters. The van der Waals surface area contributed by atoms with E-state index in [0.29, 0.717) is 5.69 Å². The third kappa shape index (κ3) is 4.15. The zero-order chi connectivity index (χ0) is 18.6. The number of carbonyl (C=O) groups is 1. The van der Waals surface area contributed by atoms with Gasteiger partial charge in [-0.15, -0.1) is 11.3 Å². The number of likely N-dealkylation sites (N-methyl/N-ethyl adjacent to an activating group) is 1. The van der Waals surface area contributed by atoms with Gasteiger partial charge in [-0.1, -0.05) is 0 Å². The van der Waals surface area contributed by atoms with Crippen LogP contribution in [-0.2, 0) is 0 Å². The molecular weight excluding hydrogens is 358 g/mol. The van der Waals surface area contributed by atoms with Crippen LogP contribution in [0, 0.1) is 0 Å². The highest BCUT2D eigenvalue weighted by atomic mass is 32.1. The number of aromatic nitrogens is 2. The molecule has 2 aromatic heterocycles. The summed E-state index contributed by atoms with van der Waals surface area (Å²) in [4.78, 5) is 25.7. The Bertz CT molecular complexity index is 902. The number of benzene rings is 1. The van der Waals surface area contributed by atoms with Gasteiger partial charge in [0, 0.05) is 60.9 Å². The molecule has 27 heavy (non-hydrogen) atoms. The standard InChI is InChI=1S/C20H21N5OS/c1-24-9-11-25(12-10-24)17-6-4-16(5-7-17)22-19(26)18-14-27-20(23-18)15-3-2-8-21-13-15/h2-8,13-14H,9-12H2,1H3,(H,22,26). The molecule has 1 saturated heterocycles. The Hall–Kier alpha value is -2.77. The van der Waals surface area contributed by atoms with Crippen LogP contribution in [0.4, 0.5) is 11.4 Å². The summed E-state index contributed by atoms with van der Waals surface area (Å²) in [6.45, 7) is 4.19. The molecule has 0 spiro atoms. The van der Waals surface area contributed by atoms with Crippen molar-refractivity contribution in [2.45, 2.75) is 0 Å². The first-order valence-corrected chi connectivity index (χ1v) is 9.78. The van der Waals surface area contributed by atoms with E-state index < -0.39 is 0 Å². The van der Waals surface area contributed by atoms with Crippen LogP contribution in [0.3, 0.4) is 0 Å². The maximum absolute atomic E-state index is 12.5. The average Bonchev–Trinajstić information content (AvgIpc) is 3.20. The maximum atomic E-state index is 12.5. The van der Waals surface area contributed by atoms with Gasteiger partial charge < -0.3 is 15.1 Å². The van der Waals surface area contributed by atoms with Crippen molar-refractivity contribution in [3.8, 4) is 10.6 Å². The molecule has 0 bridgehead atoms. The molecule has 0 radical (unpaired) electrons. The normalized spacial score (nSPS) is 14.9. The van der Waals surface area contributed by atoms with Crippen molar-refractivity contribution in [1.82, 2.24) is 14.9 Å². The van der Waals surface area contributed by atoms with Crippen LogP contribution in [0.15, 0.2) is 54.2 Å². The lowest BCUT2D eigenvalue weighted by Gasteiger charge is -2.34. The van der Waals surface area contributed by atoms with Crippen molar-refractivity contribution in [3.05, 3.63) is 59.9 Å². The number of piperazine rings is 1. The highest BCUT2D eigenvalue weighted by Crippen LogP contribution is 2.24. The molecule has 1 aliphatic rings. The first kappa shape index (κ1) is 17.6. The van der Waals surface area contributed by atoms with Gasteiger partial charge in [0.15, 0.2) is 0 Å². The summed E-state index contributed by atoms with van der Waals surface area (Å²) >= 11 is 1.44. The largest absolute Gasteiger partial charge is 0.369 e. The van der Waals surface area contributed by atoms with E-state index in [9.17, 15) is 4.79 Å². The van der Waals surface area contributed by atoms with Crippen LogP contribution in [-0.4, -0.2) is 54.0 Å². The van der Waals surface area contributed by atoms with Gasteiger partial charge in [-0.25, -0.2) is 4.98 Å². The highest BCUT2D eigenvalue weighted by Gasteiger charge is 2.15. The van der Waals surface area contributed by atoms with Gasteiger partial charge in [-0.05, 0) is 43.4 Å². The molecule has 0 saturated carbocycles. The van der Waals surface area contributed by atoms with Crippen LogP contribution in [0.5, 0.6) is 0 Å². The second-order valence-corrected chi connectivity index (χ2v) is 7.43. The Morgan fingerprint density at radius 1 is 1.11 bits per heavy atom. The molecule has 6 nitrogen and oxygen atoms in total. The zero-order valence-electron chi connectivity index (χ0n) is 15.1. The maximum Gasteiger partial charge on any atom is 0.275 e. The van der Waals surface area contributed by atoms with E-state index in [1.54, 1.807) is 17.8 Å². The average molecular weight is 379 g/mol. The molecule has 4 rings (SSSR count). The fourth-order valence-electron chi connectivity index (χ4n) is 3.02. The molecule has 0 unspecified atom stereocenters. The predicted molar refractivity (Wildman–Crippen MR) is 109 cm³/mol. The monoisotopic (exact) mass is 379 g/mol. The molecule has 1 aliphatic heterocycles. The SMILES string of the molecule is CN1CCN(c2ccc(NC(=O)c3csc(-c4cccnc4)n3)cc2)CC1. The smallest absolute Gasteiger partial charge is 0.275 e. The van der Waals surface area contributed by atoms with Crippen LogP contribution in [0.25, 0.3) is 10.6 Å². The molecule has 1 N–H and O–H groups in total. The van der Waals surface area contributed by atoms with Crippen LogP contribution < -0.4 is 10.2 Å². The van der Waals surface area contributed by atoms with E-state index in [-0.39, 0.29) is 5.91 Å². The van der Waals surface area contributed by atoms with Crippen molar-refractivity contribution in [2.75, 3.05) is 43.4 Å². The van der Waals surface area contributed by atoms with Crippen molar-refractivity contribution in [2.24, 2.45) is 0 Å². The highest BCUT2D eigenvalue weighted by molar-refractivity contribution is 7.13. The molecule has 0 aliphatic carbocycles. The number of anilines is 2. The summed E-state index contributed by atoms with van der Waals surface area (Å²) in [6, 6.07) is 11.8. The second kappa shape index (κ2) is 7.85. The summed E-state index contributed by atoms with van der Waals surface area (Å²) < 4.78 is 0. The molecular formula is C20H21N5OS. The van der Waals surface area contributed by atoms with E-state index in [4.69, 9.17) is 0 Å². The summed E-state index contributed by atoms with van der Waals surface area (Å²) in [7, 11) is 2.15. The van der Waals surface area contributed by atoms with Gasteiger partial charge in [0.2, 0.25) is 0 Å². The number of carbonyl (C=O) groups excluding carboxylic acids is 1. The first-order chi connectivity index (χ1) is 13.2. The Morgan fingerprint density at radius 3 is 2.59 bits per heavy atom. The number of hydrogen-bond donors (Lipinski definition) is 1.